The molecule has 2 amide bonds. The van der Waals surface area contributed by atoms with E-state index in [0.29, 0.717) is 12.3 Å². The summed E-state index contributed by atoms with van der Waals surface area (Å²) in [6.45, 7) is 8.35. The lowest BCUT2D eigenvalue weighted by Gasteiger charge is -2.29. The van der Waals surface area contributed by atoms with Crippen LogP contribution in [0.3, 0.4) is 0 Å². The first kappa shape index (κ1) is 31.7. The Balaban J connectivity index is 1.70. The number of aromatic nitrogens is 2. The van der Waals surface area contributed by atoms with Gasteiger partial charge in [0.25, 0.3) is 5.91 Å². The third-order valence-electron chi connectivity index (χ3n) is 7.40. The minimum atomic E-state index is -0.776. The van der Waals surface area contributed by atoms with Gasteiger partial charge in [-0.15, -0.1) is 0 Å². The lowest BCUT2D eigenvalue weighted by atomic mass is 9.68. The largest absolute Gasteiger partial charge is 0.413 e. The summed E-state index contributed by atoms with van der Waals surface area (Å²) in [5.74, 6) is -0.535. The van der Waals surface area contributed by atoms with E-state index in [0.717, 1.165) is 37.9 Å². The summed E-state index contributed by atoms with van der Waals surface area (Å²) in [5, 5.41) is 9.36. The zero-order valence-corrected chi connectivity index (χ0v) is 24.9. The molecule has 0 saturated carbocycles. The predicted molar refractivity (Wildman–Crippen MR) is 160 cm³/mol. The second-order valence-electron chi connectivity index (χ2n) is 11.7. The van der Waals surface area contributed by atoms with Crippen molar-refractivity contribution < 1.29 is 14.2 Å². The van der Waals surface area contributed by atoms with Crippen LogP contribution in [-0.4, -0.2) is 78.4 Å². The molecule has 3 unspecified atom stereocenters. The molecule has 0 bridgehead atoms. The number of nitrogens with zero attached hydrogens (tertiary/aromatic N) is 3. The predicted octanol–water partition coefficient (Wildman–Crippen LogP) is 3.27. The van der Waals surface area contributed by atoms with E-state index in [2.05, 4.69) is 58.5 Å². The van der Waals surface area contributed by atoms with Gasteiger partial charge in [0.2, 0.25) is 5.91 Å². The molecule has 3 atom stereocenters. The number of nitrogens with one attached hydrogen (secondary N) is 3. The summed E-state index contributed by atoms with van der Waals surface area (Å²) in [5.41, 5.74) is 0.873. The van der Waals surface area contributed by atoms with Crippen molar-refractivity contribution in [3.63, 3.8) is 0 Å². The molecule has 3 N–H and O–H groups in total. The van der Waals surface area contributed by atoms with Crippen LogP contribution in [0.15, 0.2) is 48.9 Å². The van der Waals surface area contributed by atoms with Crippen molar-refractivity contribution in [3.05, 3.63) is 60.2 Å². The van der Waals surface area contributed by atoms with Crippen LogP contribution >= 0.6 is 0 Å². The number of carbonyl (C=O) groups excluding carboxylic acids is 2. The standard InChI is InChI=1S/C30H47BN6O3/c1-23(2)19-27(31-37(5)22-30(3,40-31)15-11-6-7-12-16-32-4)36-28(38)25(20-24-13-9-8-10-14-24)35-29(39)26-21-33-17-18-34-26/h8-10,13-14,17-18,21,23,25,27,32H,6-7,11-12,15-16,19-20,22H2,1-5H3,(H,35,39)(H,36,38). The van der Waals surface area contributed by atoms with E-state index in [9.17, 15) is 9.59 Å². The van der Waals surface area contributed by atoms with Gasteiger partial charge in [-0.2, -0.15) is 0 Å². The van der Waals surface area contributed by atoms with Crippen molar-refractivity contribution in [2.45, 2.75) is 83.3 Å². The van der Waals surface area contributed by atoms with Crippen LogP contribution in [0, 0.1) is 5.92 Å². The maximum Gasteiger partial charge on any atom is 0.406 e. The highest BCUT2D eigenvalue weighted by Gasteiger charge is 2.47. The lowest BCUT2D eigenvalue weighted by Crippen LogP contribution is -2.58. The van der Waals surface area contributed by atoms with Gasteiger partial charge >= 0.3 is 7.05 Å². The zero-order chi connectivity index (χ0) is 29.0. The topological polar surface area (TPSA) is 108 Å². The first-order valence-electron chi connectivity index (χ1n) is 14.6. The Morgan fingerprint density at radius 2 is 1.85 bits per heavy atom. The Morgan fingerprint density at radius 1 is 1.10 bits per heavy atom. The number of likely N-dealkylation sites (N-methyl/N-ethyl adjacent to an activating group) is 1. The van der Waals surface area contributed by atoms with E-state index in [-0.39, 0.29) is 30.2 Å². The molecule has 1 aliphatic heterocycles. The van der Waals surface area contributed by atoms with Crippen LogP contribution in [0.25, 0.3) is 0 Å². The van der Waals surface area contributed by atoms with Crippen molar-refractivity contribution in [3.8, 4) is 0 Å². The van der Waals surface area contributed by atoms with Crippen LogP contribution in [0.1, 0.15) is 75.3 Å². The van der Waals surface area contributed by atoms with Gasteiger partial charge in [-0.05, 0) is 58.3 Å². The summed E-state index contributed by atoms with van der Waals surface area (Å²) in [6.07, 6.45) is 11.2. The molecule has 0 radical (unpaired) electrons. The average Bonchev–Trinajstić information content (AvgIpc) is 3.24. The molecule has 0 spiro atoms. The molecule has 218 valence electrons. The molecule has 10 heteroatoms. The number of hydrogen-bond donors (Lipinski definition) is 3. The fraction of sp³-hybridized carbons (Fsp3) is 0.600. The maximum atomic E-state index is 13.8. The Morgan fingerprint density at radius 3 is 2.52 bits per heavy atom. The van der Waals surface area contributed by atoms with Gasteiger partial charge in [0.1, 0.15) is 11.7 Å². The van der Waals surface area contributed by atoms with E-state index in [1.807, 2.05) is 37.4 Å². The van der Waals surface area contributed by atoms with Gasteiger partial charge in [-0.25, -0.2) is 4.98 Å². The fourth-order valence-corrected chi connectivity index (χ4v) is 5.46. The minimum Gasteiger partial charge on any atom is -0.413 e. The summed E-state index contributed by atoms with van der Waals surface area (Å²) in [4.78, 5) is 37.1. The maximum absolute atomic E-state index is 13.8. The van der Waals surface area contributed by atoms with Crippen molar-refractivity contribution in [2.75, 3.05) is 27.2 Å². The number of unbranched alkanes of at least 4 members (excludes halogenated alkanes) is 3. The molecule has 1 saturated heterocycles. The van der Waals surface area contributed by atoms with Crippen LogP contribution in [0.5, 0.6) is 0 Å². The molecule has 40 heavy (non-hydrogen) atoms. The lowest BCUT2D eigenvalue weighted by molar-refractivity contribution is -0.123. The van der Waals surface area contributed by atoms with Crippen LogP contribution in [0.2, 0.25) is 0 Å². The second-order valence-corrected chi connectivity index (χ2v) is 11.7. The highest BCUT2D eigenvalue weighted by atomic mass is 16.5. The SMILES string of the molecule is CNCCCCCCC1(C)CN(C)B(C(CC(C)C)NC(=O)C(Cc2ccccc2)NC(=O)c2cnccn2)O1. The summed E-state index contributed by atoms with van der Waals surface area (Å²) < 4.78 is 6.69. The number of hydrogen-bond acceptors (Lipinski definition) is 7. The van der Waals surface area contributed by atoms with E-state index in [1.54, 1.807) is 0 Å². The van der Waals surface area contributed by atoms with Crippen molar-refractivity contribution in [2.24, 2.45) is 5.92 Å². The molecule has 0 aliphatic carbocycles. The third-order valence-corrected chi connectivity index (χ3v) is 7.40. The van der Waals surface area contributed by atoms with Crippen LogP contribution in [-0.2, 0) is 15.9 Å². The van der Waals surface area contributed by atoms with Gasteiger partial charge in [-0.1, -0.05) is 63.4 Å². The van der Waals surface area contributed by atoms with E-state index < -0.39 is 11.9 Å². The fourth-order valence-electron chi connectivity index (χ4n) is 5.46. The first-order valence-corrected chi connectivity index (χ1v) is 14.6. The summed E-state index contributed by atoms with van der Waals surface area (Å²) in [7, 11) is 3.82. The Kier molecular flexibility index (Phi) is 12.6. The molecule has 3 rings (SSSR count). The monoisotopic (exact) mass is 550 g/mol. The molecule has 2 heterocycles. The highest BCUT2D eigenvalue weighted by molar-refractivity contribution is 6.51. The van der Waals surface area contributed by atoms with E-state index >= 15 is 0 Å². The smallest absolute Gasteiger partial charge is 0.406 e. The van der Waals surface area contributed by atoms with Gasteiger partial charge in [0.15, 0.2) is 0 Å². The normalized spacial score (nSPS) is 19.0. The Labute approximate surface area is 240 Å². The van der Waals surface area contributed by atoms with Crippen molar-refractivity contribution in [1.29, 1.82) is 0 Å². The average molecular weight is 551 g/mol. The quantitative estimate of drug-likeness (QED) is 0.218. The van der Waals surface area contributed by atoms with Crippen molar-refractivity contribution >= 4 is 18.9 Å². The molecule has 1 aromatic carbocycles. The van der Waals surface area contributed by atoms with E-state index in [4.69, 9.17) is 4.65 Å². The van der Waals surface area contributed by atoms with Crippen LogP contribution < -0.4 is 16.0 Å². The minimum absolute atomic E-state index is 0.174. The van der Waals surface area contributed by atoms with Gasteiger partial charge < -0.3 is 25.4 Å². The van der Waals surface area contributed by atoms with Gasteiger partial charge in [-0.3, -0.25) is 14.6 Å². The van der Waals surface area contributed by atoms with Gasteiger partial charge in [0.05, 0.1) is 17.7 Å². The summed E-state index contributed by atoms with van der Waals surface area (Å²) in [6, 6.07) is 8.93. The molecule has 1 aromatic heterocycles. The highest BCUT2D eigenvalue weighted by Crippen LogP contribution is 2.30. The van der Waals surface area contributed by atoms with Crippen LogP contribution in [0.4, 0.5) is 0 Å². The number of carbonyl (C=O) groups is 2. The molecule has 1 aliphatic rings. The zero-order valence-electron chi connectivity index (χ0n) is 24.9. The molecular weight excluding hydrogens is 503 g/mol. The first-order chi connectivity index (χ1) is 19.2. The van der Waals surface area contributed by atoms with Gasteiger partial charge in [0, 0.05) is 25.4 Å². The third kappa shape index (κ3) is 9.98. The Hall–Kier alpha value is -2.82. The van der Waals surface area contributed by atoms with Crippen molar-refractivity contribution in [1.82, 2.24) is 30.7 Å². The molecule has 9 nitrogen and oxygen atoms in total. The second kappa shape index (κ2) is 15.8. The molecular formula is C30H47BN6O3. The molecule has 2 aromatic rings. The molecule has 1 fully saturated rings. The number of benzene rings is 1. The summed E-state index contributed by atoms with van der Waals surface area (Å²) >= 11 is 0. The van der Waals surface area contributed by atoms with E-state index in [1.165, 1.54) is 37.9 Å². The Bertz CT molecular complexity index is 1040. The number of rotatable bonds is 16. The number of amides is 2.